The molecule has 1 aromatic carbocycles. The molecule has 0 saturated carbocycles. The molecule has 2 amide bonds. The Morgan fingerprint density at radius 2 is 1.95 bits per heavy atom. The van der Waals surface area contributed by atoms with Crippen molar-refractivity contribution in [2.24, 2.45) is 5.10 Å². The molecule has 0 spiro atoms. The number of rotatable bonds is 4. The van der Waals surface area contributed by atoms with Gasteiger partial charge in [0.1, 0.15) is 5.75 Å². The fourth-order valence-corrected chi connectivity index (χ4v) is 1.17. The molecular weight excluding hydrogens is 246 g/mol. The van der Waals surface area contributed by atoms with Crippen molar-refractivity contribution >= 4 is 18.0 Å². The largest absolute Gasteiger partial charge is 0.508 e. The molecule has 0 bridgehead atoms. The minimum atomic E-state index is -0.810. The van der Waals surface area contributed by atoms with E-state index in [-0.39, 0.29) is 11.8 Å². The lowest BCUT2D eigenvalue weighted by Gasteiger charge is -2.09. The van der Waals surface area contributed by atoms with Gasteiger partial charge < -0.3 is 10.4 Å². The van der Waals surface area contributed by atoms with Gasteiger partial charge in [0.2, 0.25) is 0 Å². The van der Waals surface area contributed by atoms with Crippen LogP contribution in [0.1, 0.15) is 25.8 Å². The van der Waals surface area contributed by atoms with E-state index in [1.165, 1.54) is 18.3 Å². The Morgan fingerprint density at radius 1 is 1.32 bits per heavy atom. The van der Waals surface area contributed by atoms with E-state index in [1.807, 2.05) is 13.8 Å². The van der Waals surface area contributed by atoms with E-state index < -0.39 is 11.8 Å². The quantitative estimate of drug-likeness (QED) is 0.425. The van der Waals surface area contributed by atoms with Gasteiger partial charge in [-0.15, -0.1) is 0 Å². The summed E-state index contributed by atoms with van der Waals surface area (Å²) in [5.41, 5.74) is 2.83. The van der Waals surface area contributed by atoms with Crippen molar-refractivity contribution in [2.75, 3.05) is 0 Å². The summed E-state index contributed by atoms with van der Waals surface area (Å²) in [4.78, 5) is 22.7. The minimum Gasteiger partial charge on any atom is -0.508 e. The van der Waals surface area contributed by atoms with E-state index in [0.717, 1.165) is 6.42 Å². The van der Waals surface area contributed by atoms with Crippen LogP contribution in [-0.4, -0.2) is 29.2 Å². The Hall–Kier alpha value is -2.37. The van der Waals surface area contributed by atoms with E-state index in [4.69, 9.17) is 5.11 Å². The van der Waals surface area contributed by atoms with Gasteiger partial charge in [0, 0.05) is 6.04 Å². The van der Waals surface area contributed by atoms with Crippen LogP contribution < -0.4 is 10.7 Å². The highest BCUT2D eigenvalue weighted by Crippen LogP contribution is 2.07. The summed E-state index contributed by atoms with van der Waals surface area (Å²) < 4.78 is 0. The van der Waals surface area contributed by atoms with Crippen LogP contribution in [0.25, 0.3) is 0 Å². The second-order valence-electron chi connectivity index (χ2n) is 4.07. The molecule has 1 aromatic rings. The van der Waals surface area contributed by atoms with Gasteiger partial charge in [0.05, 0.1) is 6.21 Å². The maximum atomic E-state index is 11.4. The average molecular weight is 263 g/mol. The van der Waals surface area contributed by atoms with Gasteiger partial charge in [-0.3, -0.25) is 9.59 Å². The summed E-state index contributed by atoms with van der Waals surface area (Å²) >= 11 is 0. The van der Waals surface area contributed by atoms with Crippen LogP contribution in [0, 0.1) is 0 Å². The topological polar surface area (TPSA) is 90.8 Å². The summed E-state index contributed by atoms with van der Waals surface area (Å²) in [5.74, 6) is -1.37. The first-order valence-electron chi connectivity index (χ1n) is 5.96. The number of amides is 2. The van der Waals surface area contributed by atoms with Gasteiger partial charge in [-0.25, -0.2) is 5.43 Å². The van der Waals surface area contributed by atoms with Gasteiger partial charge in [0.25, 0.3) is 0 Å². The Morgan fingerprint density at radius 3 is 2.53 bits per heavy atom. The van der Waals surface area contributed by atoms with E-state index in [0.29, 0.717) is 5.56 Å². The predicted octanol–water partition coefficient (Wildman–Crippen LogP) is 0.757. The summed E-state index contributed by atoms with van der Waals surface area (Å²) in [6.07, 6.45) is 2.13. The Kier molecular flexibility index (Phi) is 5.53. The Labute approximate surface area is 111 Å². The molecule has 6 nitrogen and oxygen atoms in total. The second-order valence-corrected chi connectivity index (χ2v) is 4.07. The molecule has 0 aliphatic heterocycles. The van der Waals surface area contributed by atoms with Crippen molar-refractivity contribution in [3.63, 3.8) is 0 Å². The van der Waals surface area contributed by atoms with Gasteiger partial charge in [-0.2, -0.15) is 5.10 Å². The first-order chi connectivity index (χ1) is 9.02. The molecule has 0 radical (unpaired) electrons. The third-order valence-corrected chi connectivity index (χ3v) is 2.47. The molecule has 0 aromatic heterocycles. The molecule has 1 rings (SSSR count). The smallest absolute Gasteiger partial charge is 0.329 e. The summed E-state index contributed by atoms with van der Waals surface area (Å²) in [6.45, 7) is 3.72. The van der Waals surface area contributed by atoms with Crippen LogP contribution >= 0.6 is 0 Å². The number of benzene rings is 1. The van der Waals surface area contributed by atoms with Gasteiger partial charge in [-0.1, -0.05) is 6.92 Å². The number of phenolic OH excluding ortho intramolecular Hbond substituents is 1. The fourth-order valence-electron chi connectivity index (χ4n) is 1.17. The average Bonchev–Trinajstić information content (AvgIpc) is 2.40. The van der Waals surface area contributed by atoms with E-state index in [1.54, 1.807) is 12.1 Å². The number of nitrogens with zero attached hydrogens (tertiary/aromatic N) is 1. The zero-order valence-electron chi connectivity index (χ0n) is 10.9. The highest BCUT2D eigenvalue weighted by atomic mass is 16.3. The molecule has 0 heterocycles. The van der Waals surface area contributed by atoms with Crippen molar-refractivity contribution in [1.29, 1.82) is 0 Å². The second kappa shape index (κ2) is 7.15. The lowest BCUT2D eigenvalue weighted by molar-refractivity contribution is -0.139. The van der Waals surface area contributed by atoms with Gasteiger partial charge >= 0.3 is 11.8 Å². The molecule has 0 saturated heterocycles. The van der Waals surface area contributed by atoms with E-state index in [9.17, 15) is 9.59 Å². The molecule has 102 valence electrons. The lowest BCUT2D eigenvalue weighted by atomic mass is 10.2. The first-order valence-corrected chi connectivity index (χ1v) is 5.96. The third kappa shape index (κ3) is 5.20. The van der Waals surface area contributed by atoms with E-state index in [2.05, 4.69) is 15.8 Å². The van der Waals surface area contributed by atoms with Gasteiger partial charge in [0.15, 0.2) is 0 Å². The van der Waals surface area contributed by atoms with Crippen molar-refractivity contribution in [1.82, 2.24) is 10.7 Å². The maximum Gasteiger partial charge on any atom is 0.329 e. The van der Waals surface area contributed by atoms with Crippen molar-refractivity contribution in [3.05, 3.63) is 29.8 Å². The summed E-state index contributed by atoms with van der Waals surface area (Å²) in [7, 11) is 0. The fraction of sp³-hybridized carbons (Fsp3) is 0.308. The normalized spacial score (nSPS) is 12.1. The number of hydrazone groups is 1. The molecule has 0 aliphatic carbocycles. The zero-order chi connectivity index (χ0) is 14.3. The Bertz CT molecular complexity index is 469. The van der Waals surface area contributed by atoms with Crippen LogP contribution in [0.5, 0.6) is 5.75 Å². The van der Waals surface area contributed by atoms with Gasteiger partial charge in [-0.05, 0) is 43.2 Å². The van der Waals surface area contributed by atoms with Crippen molar-refractivity contribution < 1.29 is 14.7 Å². The number of hydrogen-bond acceptors (Lipinski definition) is 4. The van der Waals surface area contributed by atoms with Crippen LogP contribution in [-0.2, 0) is 9.59 Å². The number of carbonyl (C=O) groups excluding carboxylic acids is 2. The van der Waals surface area contributed by atoms with Crippen LogP contribution in [0.3, 0.4) is 0 Å². The van der Waals surface area contributed by atoms with Crippen LogP contribution in [0.4, 0.5) is 0 Å². The molecule has 1 atom stereocenters. The number of nitrogens with one attached hydrogen (secondary N) is 2. The molecule has 3 N–H and O–H groups in total. The molecule has 0 fully saturated rings. The zero-order valence-corrected chi connectivity index (χ0v) is 10.9. The first kappa shape index (κ1) is 14.7. The lowest BCUT2D eigenvalue weighted by Crippen LogP contribution is -2.41. The van der Waals surface area contributed by atoms with Crippen LogP contribution in [0.2, 0.25) is 0 Å². The highest BCUT2D eigenvalue weighted by molar-refractivity contribution is 6.35. The molecule has 0 unspecified atom stereocenters. The predicted molar refractivity (Wildman–Crippen MR) is 71.7 cm³/mol. The molecular formula is C13H17N3O3. The Balaban J connectivity index is 2.45. The minimum absolute atomic E-state index is 0.0562. The van der Waals surface area contributed by atoms with Crippen molar-refractivity contribution in [2.45, 2.75) is 26.3 Å². The third-order valence-electron chi connectivity index (χ3n) is 2.47. The number of hydrogen-bond donors (Lipinski definition) is 3. The molecule has 19 heavy (non-hydrogen) atoms. The summed E-state index contributed by atoms with van der Waals surface area (Å²) in [5, 5.41) is 15.3. The SMILES string of the molecule is CC[C@H](C)NC(=O)C(=O)N/N=C/c1ccc(O)cc1. The number of phenols is 1. The summed E-state index contributed by atoms with van der Waals surface area (Å²) in [6, 6.07) is 6.20. The molecule has 6 heteroatoms. The molecule has 0 aliphatic rings. The van der Waals surface area contributed by atoms with Crippen LogP contribution in [0.15, 0.2) is 29.4 Å². The monoisotopic (exact) mass is 263 g/mol. The van der Waals surface area contributed by atoms with E-state index >= 15 is 0 Å². The maximum absolute atomic E-state index is 11.4. The standard InChI is InChI=1S/C13H17N3O3/c1-3-9(2)15-12(18)13(19)16-14-8-10-4-6-11(17)7-5-10/h4-9,17H,3H2,1-2H3,(H,15,18)(H,16,19)/b14-8+/t9-/m0/s1. The highest BCUT2D eigenvalue weighted by Gasteiger charge is 2.14. The van der Waals surface area contributed by atoms with Crippen molar-refractivity contribution in [3.8, 4) is 5.75 Å². The number of aromatic hydroxyl groups is 1. The number of carbonyl (C=O) groups is 2.